The zero-order chi connectivity index (χ0) is 15.2. The number of benzene rings is 1. The van der Waals surface area contributed by atoms with E-state index in [1.165, 1.54) is 6.08 Å². The van der Waals surface area contributed by atoms with Gasteiger partial charge in [0, 0.05) is 19.0 Å². The van der Waals surface area contributed by atoms with Crippen LogP contribution in [0.2, 0.25) is 0 Å². The molecule has 2 rings (SSSR count). The molecule has 0 radical (unpaired) electrons. The third-order valence-corrected chi connectivity index (χ3v) is 3.72. The van der Waals surface area contributed by atoms with Crippen molar-refractivity contribution < 1.29 is 14.3 Å². The number of rotatable bonds is 4. The summed E-state index contributed by atoms with van der Waals surface area (Å²) in [7, 11) is 1.57. The highest BCUT2D eigenvalue weighted by atomic mass is 16.5. The molecule has 21 heavy (non-hydrogen) atoms. The summed E-state index contributed by atoms with van der Waals surface area (Å²) >= 11 is 0. The van der Waals surface area contributed by atoms with Gasteiger partial charge in [-0.15, -0.1) is 0 Å². The van der Waals surface area contributed by atoms with Crippen LogP contribution in [0, 0.1) is 5.92 Å². The SMILES string of the molecule is C=CC(=O)N1CCC(C(=O)Nc2ccccc2OC)CC1. The van der Waals surface area contributed by atoms with Crippen LogP contribution in [0.4, 0.5) is 5.69 Å². The molecule has 0 aromatic heterocycles. The molecule has 5 nitrogen and oxygen atoms in total. The highest BCUT2D eigenvalue weighted by molar-refractivity contribution is 5.94. The summed E-state index contributed by atoms with van der Waals surface area (Å²) < 4.78 is 5.22. The van der Waals surface area contributed by atoms with E-state index in [9.17, 15) is 9.59 Å². The molecule has 5 heteroatoms. The first kappa shape index (κ1) is 15.1. The van der Waals surface area contributed by atoms with E-state index >= 15 is 0 Å². The Balaban J connectivity index is 1.93. The van der Waals surface area contributed by atoms with Crippen LogP contribution in [0.15, 0.2) is 36.9 Å². The molecule has 1 saturated heterocycles. The minimum absolute atomic E-state index is 0.0230. The number of hydrogen-bond donors (Lipinski definition) is 1. The lowest BCUT2D eigenvalue weighted by atomic mass is 9.95. The lowest BCUT2D eigenvalue weighted by Gasteiger charge is -2.30. The van der Waals surface area contributed by atoms with Gasteiger partial charge >= 0.3 is 0 Å². The third-order valence-electron chi connectivity index (χ3n) is 3.72. The molecule has 0 aliphatic carbocycles. The number of methoxy groups -OCH3 is 1. The van der Waals surface area contributed by atoms with Gasteiger partial charge in [0.1, 0.15) is 5.75 Å². The first-order chi connectivity index (χ1) is 10.2. The number of hydrogen-bond acceptors (Lipinski definition) is 3. The van der Waals surface area contributed by atoms with E-state index in [1.54, 1.807) is 18.1 Å². The second-order valence-electron chi connectivity index (χ2n) is 4.99. The topological polar surface area (TPSA) is 58.6 Å². The van der Waals surface area contributed by atoms with Gasteiger partial charge in [-0.2, -0.15) is 0 Å². The molecule has 0 saturated carbocycles. The normalized spacial score (nSPS) is 15.4. The van der Waals surface area contributed by atoms with Gasteiger partial charge < -0.3 is 15.0 Å². The summed E-state index contributed by atoms with van der Waals surface area (Å²) in [5.74, 6) is 0.470. The molecule has 0 spiro atoms. The van der Waals surface area contributed by atoms with E-state index in [2.05, 4.69) is 11.9 Å². The molecule has 2 amide bonds. The second kappa shape index (κ2) is 6.92. The predicted molar refractivity (Wildman–Crippen MR) is 81.1 cm³/mol. The number of likely N-dealkylation sites (tertiary alicyclic amines) is 1. The average Bonchev–Trinajstić information content (AvgIpc) is 2.54. The van der Waals surface area contributed by atoms with E-state index in [0.717, 1.165) is 0 Å². The Bertz CT molecular complexity index is 534. The smallest absolute Gasteiger partial charge is 0.245 e. The maximum absolute atomic E-state index is 12.3. The maximum Gasteiger partial charge on any atom is 0.245 e. The van der Waals surface area contributed by atoms with E-state index < -0.39 is 0 Å². The first-order valence-corrected chi connectivity index (χ1v) is 7.01. The van der Waals surface area contributed by atoms with Crippen LogP contribution in [0.25, 0.3) is 0 Å². The molecular weight excluding hydrogens is 268 g/mol. The van der Waals surface area contributed by atoms with Crippen molar-refractivity contribution in [1.82, 2.24) is 4.90 Å². The molecule has 1 fully saturated rings. The fraction of sp³-hybridized carbons (Fsp3) is 0.375. The summed E-state index contributed by atoms with van der Waals surface area (Å²) in [4.78, 5) is 25.5. The van der Waals surface area contributed by atoms with Gasteiger partial charge in [-0.3, -0.25) is 9.59 Å². The number of anilines is 1. The van der Waals surface area contributed by atoms with Gasteiger partial charge in [-0.1, -0.05) is 18.7 Å². The molecule has 1 aromatic rings. The number of carbonyl (C=O) groups is 2. The Morgan fingerprint density at radius 2 is 2.00 bits per heavy atom. The van der Waals surface area contributed by atoms with Crippen molar-refractivity contribution in [1.29, 1.82) is 0 Å². The Morgan fingerprint density at radius 1 is 1.33 bits per heavy atom. The molecule has 1 aromatic carbocycles. The van der Waals surface area contributed by atoms with Crippen LogP contribution in [0.3, 0.4) is 0 Å². The minimum atomic E-state index is -0.0798. The van der Waals surface area contributed by atoms with Crippen LogP contribution in [-0.2, 0) is 9.59 Å². The highest BCUT2D eigenvalue weighted by Gasteiger charge is 2.26. The molecular formula is C16H20N2O3. The number of nitrogens with zero attached hydrogens (tertiary/aromatic N) is 1. The molecule has 0 unspecified atom stereocenters. The summed E-state index contributed by atoms with van der Waals surface area (Å²) in [5.41, 5.74) is 0.676. The third kappa shape index (κ3) is 3.62. The van der Waals surface area contributed by atoms with Crippen molar-refractivity contribution in [2.24, 2.45) is 5.92 Å². The molecule has 1 heterocycles. The Hall–Kier alpha value is -2.30. The van der Waals surface area contributed by atoms with Crippen LogP contribution < -0.4 is 10.1 Å². The zero-order valence-electron chi connectivity index (χ0n) is 12.2. The quantitative estimate of drug-likeness (QED) is 0.863. The van der Waals surface area contributed by atoms with Gasteiger partial charge in [0.25, 0.3) is 0 Å². The zero-order valence-corrected chi connectivity index (χ0v) is 12.2. The van der Waals surface area contributed by atoms with Crippen LogP contribution >= 0.6 is 0 Å². The van der Waals surface area contributed by atoms with Gasteiger partial charge in [-0.05, 0) is 31.1 Å². The maximum atomic E-state index is 12.3. The van der Waals surface area contributed by atoms with E-state index in [1.807, 2.05) is 18.2 Å². The van der Waals surface area contributed by atoms with Crippen molar-refractivity contribution >= 4 is 17.5 Å². The largest absolute Gasteiger partial charge is 0.495 e. The van der Waals surface area contributed by atoms with Crippen molar-refractivity contribution in [2.75, 3.05) is 25.5 Å². The van der Waals surface area contributed by atoms with Gasteiger partial charge in [0.15, 0.2) is 0 Å². The monoisotopic (exact) mass is 288 g/mol. The van der Waals surface area contributed by atoms with E-state index in [4.69, 9.17) is 4.74 Å². The minimum Gasteiger partial charge on any atom is -0.495 e. The van der Waals surface area contributed by atoms with Crippen LogP contribution in [0.1, 0.15) is 12.8 Å². The van der Waals surface area contributed by atoms with E-state index in [-0.39, 0.29) is 17.7 Å². The number of para-hydroxylation sites is 2. The van der Waals surface area contributed by atoms with Crippen LogP contribution in [-0.4, -0.2) is 36.9 Å². The lowest BCUT2D eigenvalue weighted by Crippen LogP contribution is -2.40. The van der Waals surface area contributed by atoms with Crippen molar-refractivity contribution in [3.8, 4) is 5.75 Å². The Kier molecular flexibility index (Phi) is 4.98. The van der Waals surface area contributed by atoms with Gasteiger partial charge in [-0.25, -0.2) is 0 Å². The summed E-state index contributed by atoms with van der Waals surface area (Å²) in [6.45, 7) is 4.66. The highest BCUT2D eigenvalue weighted by Crippen LogP contribution is 2.25. The molecule has 112 valence electrons. The summed E-state index contributed by atoms with van der Waals surface area (Å²) in [6.07, 6.45) is 2.65. The fourth-order valence-corrected chi connectivity index (χ4v) is 2.47. The lowest BCUT2D eigenvalue weighted by molar-refractivity contribution is -0.130. The molecule has 1 aliphatic rings. The first-order valence-electron chi connectivity index (χ1n) is 7.01. The standard InChI is InChI=1S/C16H20N2O3/c1-3-15(19)18-10-8-12(9-11-18)16(20)17-13-6-4-5-7-14(13)21-2/h3-7,12H,1,8-11H2,2H3,(H,17,20). The van der Waals surface area contributed by atoms with Crippen molar-refractivity contribution in [3.05, 3.63) is 36.9 Å². The number of carbonyl (C=O) groups excluding carboxylic acids is 2. The predicted octanol–water partition coefficient (Wildman–Crippen LogP) is 2.06. The molecule has 0 atom stereocenters. The molecule has 0 bridgehead atoms. The van der Waals surface area contributed by atoms with Gasteiger partial charge in [0.05, 0.1) is 12.8 Å². The number of piperidine rings is 1. The van der Waals surface area contributed by atoms with Gasteiger partial charge in [0.2, 0.25) is 11.8 Å². The average molecular weight is 288 g/mol. The van der Waals surface area contributed by atoms with Crippen molar-refractivity contribution in [2.45, 2.75) is 12.8 Å². The summed E-state index contributed by atoms with van der Waals surface area (Å²) in [6, 6.07) is 7.32. The van der Waals surface area contributed by atoms with Crippen molar-refractivity contribution in [3.63, 3.8) is 0 Å². The Morgan fingerprint density at radius 3 is 2.62 bits per heavy atom. The number of nitrogens with one attached hydrogen (secondary N) is 1. The summed E-state index contributed by atoms with van der Waals surface area (Å²) in [5, 5.41) is 2.90. The van der Waals surface area contributed by atoms with E-state index in [0.29, 0.717) is 37.4 Å². The number of ether oxygens (including phenoxy) is 1. The fourth-order valence-electron chi connectivity index (χ4n) is 2.47. The number of amides is 2. The second-order valence-corrected chi connectivity index (χ2v) is 4.99. The van der Waals surface area contributed by atoms with Crippen LogP contribution in [0.5, 0.6) is 5.75 Å². The Labute approximate surface area is 124 Å². The molecule has 1 N–H and O–H groups in total. The molecule has 1 aliphatic heterocycles.